The van der Waals surface area contributed by atoms with E-state index in [9.17, 15) is 14.4 Å². The number of amides is 1. The van der Waals surface area contributed by atoms with Gasteiger partial charge < -0.3 is 24.5 Å². The molecule has 0 unspecified atom stereocenters. The molecular weight excluding hydrogens is 376 g/mol. The average Bonchev–Trinajstić information content (AvgIpc) is 2.96. The third kappa shape index (κ3) is 4.96. The van der Waals surface area contributed by atoms with E-state index < -0.39 is 23.9 Å². The molecule has 2 N–H and O–H groups in total. The zero-order valence-electron chi connectivity index (χ0n) is 17.5. The highest BCUT2D eigenvalue weighted by atomic mass is 16.5. The van der Waals surface area contributed by atoms with Crippen molar-refractivity contribution < 1.29 is 28.6 Å². The number of H-pyrrole nitrogens is 1. The minimum atomic E-state index is -1.06. The summed E-state index contributed by atoms with van der Waals surface area (Å²) in [5, 5.41) is 2.71. The summed E-state index contributed by atoms with van der Waals surface area (Å²) in [7, 11) is 1.50. The molecule has 1 amide bonds. The summed E-state index contributed by atoms with van der Waals surface area (Å²) in [5.74, 6) is -1.26. The fourth-order valence-electron chi connectivity index (χ4n) is 2.89. The van der Waals surface area contributed by atoms with E-state index in [1.165, 1.54) is 14.0 Å². The smallest absolute Gasteiger partial charge is 0.355 e. The van der Waals surface area contributed by atoms with Crippen LogP contribution in [0.1, 0.15) is 51.5 Å². The maximum absolute atomic E-state index is 12.6. The van der Waals surface area contributed by atoms with Crippen molar-refractivity contribution in [2.24, 2.45) is 0 Å². The van der Waals surface area contributed by atoms with Crippen LogP contribution in [0.3, 0.4) is 0 Å². The number of rotatable bonds is 7. The second-order valence-corrected chi connectivity index (χ2v) is 6.59. The predicted octanol–water partition coefficient (Wildman–Crippen LogP) is 3.31. The zero-order valence-corrected chi connectivity index (χ0v) is 17.5. The first-order chi connectivity index (χ1) is 13.7. The Bertz CT molecular complexity index is 931. The summed E-state index contributed by atoms with van der Waals surface area (Å²) in [6.07, 6.45) is -1.06. The van der Waals surface area contributed by atoms with Crippen molar-refractivity contribution in [1.29, 1.82) is 0 Å². The number of carbonyl (C=O) groups excluding carboxylic acids is 3. The number of methoxy groups -OCH3 is 1. The number of benzene rings is 1. The normalized spacial score (nSPS) is 11.5. The molecule has 0 bridgehead atoms. The van der Waals surface area contributed by atoms with Gasteiger partial charge in [-0.15, -0.1) is 0 Å². The number of aromatic nitrogens is 1. The quantitative estimate of drug-likeness (QED) is 0.688. The first-order valence-corrected chi connectivity index (χ1v) is 9.22. The van der Waals surface area contributed by atoms with Crippen LogP contribution in [0, 0.1) is 20.8 Å². The Morgan fingerprint density at radius 2 is 1.83 bits per heavy atom. The lowest BCUT2D eigenvalue weighted by Gasteiger charge is -2.16. The number of esters is 2. The Morgan fingerprint density at radius 3 is 2.45 bits per heavy atom. The molecule has 1 heterocycles. The molecule has 0 aliphatic heterocycles. The van der Waals surface area contributed by atoms with Gasteiger partial charge in [-0.1, -0.05) is 6.07 Å². The fraction of sp³-hybridized carbons (Fsp3) is 0.381. The van der Waals surface area contributed by atoms with Gasteiger partial charge in [0, 0.05) is 5.69 Å². The zero-order chi connectivity index (χ0) is 21.7. The second kappa shape index (κ2) is 9.27. The van der Waals surface area contributed by atoms with Crippen LogP contribution >= 0.6 is 0 Å². The highest BCUT2D eigenvalue weighted by Gasteiger charge is 2.27. The van der Waals surface area contributed by atoms with E-state index in [0.717, 1.165) is 5.56 Å². The van der Waals surface area contributed by atoms with Crippen LogP contribution in [0.5, 0.6) is 5.75 Å². The van der Waals surface area contributed by atoms with E-state index in [-0.39, 0.29) is 17.9 Å². The highest BCUT2D eigenvalue weighted by molar-refractivity contribution is 6.01. The monoisotopic (exact) mass is 402 g/mol. The number of ether oxygens (including phenoxy) is 3. The van der Waals surface area contributed by atoms with Crippen LogP contribution in [-0.4, -0.2) is 42.7 Å². The third-order valence-electron chi connectivity index (χ3n) is 4.39. The van der Waals surface area contributed by atoms with Crippen LogP contribution in [0.15, 0.2) is 18.2 Å². The number of hydrogen-bond donors (Lipinski definition) is 2. The van der Waals surface area contributed by atoms with Crippen LogP contribution in [0.4, 0.5) is 5.69 Å². The maximum atomic E-state index is 12.6. The van der Waals surface area contributed by atoms with Gasteiger partial charge >= 0.3 is 11.9 Å². The van der Waals surface area contributed by atoms with Crippen molar-refractivity contribution in [3.05, 3.63) is 46.3 Å². The Hall–Kier alpha value is -3.29. The van der Waals surface area contributed by atoms with Crippen molar-refractivity contribution in [3.8, 4) is 5.75 Å². The van der Waals surface area contributed by atoms with Crippen LogP contribution in [-0.2, 0) is 14.3 Å². The van der Waals surface area contributed by atoms with Gasteiger partial charge in [0.2, 0.25) is 0 Å². The lowest BCUT2D eigenvalue weighted by Crippen LogP contribution is -2.30. The molecule has 0 fully saturated rings. The molecule has 0 spiro atoms. The first-order valence-electron chi connectivity index (χ1n) is 9.22. The minimum Gasteiger partial charge on any atom is -0.495 e. The number of nitrogens with one attached hydrogen (secondary N) is 2. The van der Waals surface area contributed by atoms with Crippen molar-refractivity contribution >= 4 is 23.5 Å². The van der Waals surface area contributed by atoms with Crippen molar-refractivity contribution in [1.82, 2.24) is 4.98 Å². The molecule has 0 aliphatic rings. The van der Waals surface area contributed by atoms with E-state index in [1.54, 1.807) is 32.9 Å². The van der Waals surface area contributed by atoms with Crippen LogP contribution in [0.2, 0.25) is 0 Å². The SMILES string of the molecule is CCOC(=O)c1[nH]c(C)c(C(=O)O[C@@H](C)C(=O)Nc2cc(C)ccc2OC)c1C. The molecule has 1 aromatic carbocycles. The molecule has 8 nitrogen and oxygen atoms in total. The van der Waals surface area contributed by atoms with E-state index in [0.29, 0.717) is 22.7 Å². The average molecular weight is 402 g/mol. The predicted molar refractivity (Wildman–Crippen MR) is 107 cm³/mol. The molecule has 0 radical (unpaired) electrons. The first kappa shape index (κ1) is 22.0. The number of hydrogen-bond acceptors (Lipinski definition) is 6. The van der Waals surface area contributed by atoms with E-state index >= 15 is 0 Å². The van der Waals surface area contributed by atoms with Crippen molar-refractivity contribution in [2.75, 3.05) is 19.0 Å². The van der Waals surface area contributed by atoms with Gasteiger partial charge in [-0.3, -0.25) is 4.79 Å². The maximum Gasteiger partial charge on any atom is 0.355 e. The van der Waals surface area contributed by atoms with Gasteiger partial charge in [0.15, 0.2) is 6.10 Å². The minimum absolute atomic E-state index is 0.193. The molecule has 0 saturated heterocycles. The number of aromatic amines is 1. The number of aryl methyl sites for hydroxylation is 2. The molecule has 1 atom stereocenters. The fourth-order valence-corrected chi connectivity index (χ4v) is 2.89. The lowest BCUT2D eigenvalue weighted by molar-refractivity contribution is -0.123. The molecule has 2 aromatic rings. The van der Waals surface area contributed by atoms with Crippen LogP contribution < -0.4 is 10.1 Å². The molecule has 2 rings (SSSR count). The van der Waals surface area contributed by atoms with Gasteiger partial charge in [-0.05, 0) is 57.9 Å². The second-order valence-electron chi connectivity index (χ2n) is 6.59. The topological polar surface area (TPSA) is 107 Å². The molecule has 0 aliphatic carbocycles. The summed E-state index contributed by atoms with van der Waals surface area (Å²) in [6, 6.07) is 5.36. The number of carbonyl (C=O) groups is 3. The van der Waals surface area contributed by atoms with Gasteiger partial charge in [-0.2, -0.15) is 0 Å². The Kier molecular flexibility index (Phi) is 7.03. The van der Waals surface area contributed by atoms with E-state index in [4.69, 9.17) is 14.2 Å². The van der Waals surface area contributed by atoms with Gasteiger partial charge in [0.1, 0.15) is 11.4 Å². The third-order valence-corrected chi connectivity index (χ3v) is 4.39. The van der Waals surface area contributed by atoms with E-state index in [1.807, 2.05) is 13.0 Å². The largest absolute Gasteiger partial charge is 0.495 e. The summed E-state index contributed by atoms with van der Waals surface area (Å²) < 4.78 is 15.5. The van der Waals surface area contributed by atoms with Crippen molar-refractivity contribution in [2.45, 2.75) is 40.7 Å². The van der Waals surface area contributed by atoms with Gasteiger partial charge in [0.25, 0.3) is 5.91 Å². The van der Waals surface area contributed by atoms with Gasteiger partial charge in [0.05, 0.1) is 25.0 Å². The summed E-state index contributed by atoms with van der Waals surface area (Å²) in [6.45, 7) is 8.54. The summed E-state index contributed by atoms with van der Waals surface area (Å²) >= 11 is 0. The molecule has 8 heteroatoms. The highest BCUT2D eigenvalue weighted by Crippen LogP contribution is 2.26. The lowest BCUT2D eigenvalue weighted by atomic mass is 10.1. The van der Waals surface area contributed by atoms with Crippen molar-refractivity contribution in [3.63, 3.8) is 0 Å². The summed E-state index contributed by atoms with van der Waals surface area (Å²) in [5.41, 5.74) is 2.70. The standard InChI is InChI=1S/C21H26N2O6/c1-7-28-21(26)18-12(3)17(13(4)22-18)20(25)29-14(5)19(24)23-15-10-11(2)8-9-16(15)27-6/h8-10,14,22H,7H2,1-6H3,(H,23,24)/t14-/m0/s1. The summed E-state index contributed by atoms with van der Waals surface area (Å²) in [4.78, 5) is 40.0. The molecular formula is C21H26N2O6. The molecule has 156 valence electrons. The Morgan fingerprint density at radius 1 is 1.14 bits per heavy atom. The Labute approximate surface area is 169 Å². The van der Waals surface area contributed by atoms with E-state index in [2.05, 4.69) is 10.3 Å². The Balaban J connectivity index is 2.14. The van der Waals surface area contributed by atoms with Crippen LogP contribution in [0.25, 0.3) is 0 Å². The number of anilines is 1. The van der Waals surface area contributed by atoms with Gasteiger partial charge in [-0.25, -0.2) is 9.59 Å². The molecule has 29 heavy (non-hydrogen) atoms. The molecule has 1 aromatic heterocycles. The molecule has 0 saturated carbocycles.